The number of carbonyl (C=O) groups excluding carboxylic acids is 2. The van der Waals surface area contributed by atoms with Crippen LogP contribution in [0.25, 0.3) is 0 Å². The fourth-order valence-corrected chi connectivity index (χ4v) is 4.13. The molecule has 0 aliphatic rings. The predicted octanol–water partition coefficient (Wildman–Crippen LogP) is 6.05. The lowest BCUT2D eigenvalue weighted by Crippen LogP contribution is -2.50. The molecule has 0 bridgehead atoms. The summed E-state index contributed by atoms with van der Waals surface area (Å²) < 4.78 is 0. The van der Waals surface area contributed by atoms with Crippen molar-refractivity contribution in [1.82, 2.24) is 10.2 Å². The number of rotatable bonds is 10. The molecular formula is C27H28Cl2N2O2. The standard InChI is InChI=1S/C27H28Cl2N2O2/c1-2-9-26(32)31(19-21-12-7-4-8-13-21)25(16-20-10-5-3-6-11-20)27(33)30-18-22-14-15-23(28)17-24(22)29/h3-8,10-15,17,25H,2,9,16,18-19H2,1H3,(H,30,33)/t25-/m1/s1. The smallest absolute Gasteiger partial charge is 0.243 e. The maximum atomic E-state index is 13.5. The average Bonchev–Trinajstić information content (AvgIpc) is 2.82. The van der Waals surface area contributed by atoms with Crippen molar-refractivity contribution in [3.8, 4) is 0 Å². The predicted molar refractivity (Wildman–Crippen MR) is 134 cm³/mol. The van der Waals surface area contributed by atoms with Crippen LogP contribution in [0.5, 0.6) is 0 Å². The molecule has 2 amide bonds. The van der Waals surface area contributed by atoms with Crippen molar-refractivity contribution >= 4 is 35.0 Å². The topological polar surface area (TPSA) is 49.4 Å². The summed E-state index contributed by atoms with van der Waals surface area (Å²) in [5, 5.41) is 4.01. The number of halogens is 2. The molecule has 0 aliphatic heterocycles. The van der Waals surface area contributed by atoms with Gasteiger partial charge in [0.05, 0.1) is 0 Å². The minimum absolute atomic E-state index is 0.0399. The first-order valence-electron chi connectivity index (χ1n) is 11.1. The molecular weight excluding hydrogens is 455 g/mol. The molecule has 6 heteroatoms. The molecule has 0 heterocycles. The van der Waals surface area contributed by atoms with Gasteiger partial charge >= 0.3 is 0 Å². The van der Waals surface area contributed by atoms with Gasteiger partial charge in [0, 0.05) is 36.0 Å². The minimum Gasteiger partial charge on any atom is -0.350 e. The summed E-state index contributed by atoms with van der Waals surface area (Å²) in [5.41, 5.74) is 2.74. The highest BCUT2D eigenvalue weighted by Crippen LogP contribution is 2.21. The van der Waals surface area contributed by atoms with Gasteiger partial charge in [-0.05, 0) is 35.2 Å². The molecule has 1 N–H and O–H groups in total. The monoisotopic (exact) mass is 482 g/mol. The van der Waals surface area contributed by atoms with E-state index >= 15 is 0 Å². The lowest BCUT2D eigenvalue weighted by Gasteiger charge is -2.31. The molecule has 3 aromatic rings. The summed E-state index contributed by atoms with van der Waals surface area (Å²) in [4.78, 5) is 28.3. The number of hydrogen-bond acceptors (Lipinski definition) is 2. The van der Waals surface area contributed by atoms with Gasteiger partial charge in [-0.1, -0.05) is 96.9 Å². The van der Waals surface area contributed by atoms with Crippen molar-refractivity contribution in [2.75, 3.05) is 0 Å². The summed E-state index contributed by atoms with van der Waals surface area (Å²) in [6, 6.07) is 24.0. The first-order valence-corrected chi connectivity index (χ1v) is 11.8. The first kappa shape index (κ1) is 24.8. The second kappa shape index (κ2) is 12.4. The van der Waals surface area contributed by atoms with Crippen molar-refractivity contribution in [2.45, 2.75) is 45.3 Å². The van der Waals surface area contributed by atoms with Gasteiger partial charge < -0.3 is 10.2 Å². The Kier molecular flexibility index (Phi) is 9.35. The SMILES string of the molecule is CCCC(=O)N(Cc1ccccc1)[C@H](Cc1ccccc1)C(=O)NCc1ccc(Cl)cc1Cl. The second-order valence-electron chi connectivity index (χ2n) is 7.92. The lowest BCUT2D eigenvalue weighted by molar-refractivity contribution is -0.141. The third-order valence-corrected chi connectivity index (χ3v) is 5.99. The van der Waals surface area contributed by atoms with Gasteiger partial charge in [-0.2, -0.15) is 0 Å². The summed E-state index contributed by atoms with van der Waals surface area (Å²) in [5.74, 6) is -0.257. The number of benzene rings is 3. The Morgan fingerprint density at radius 3 is 2.15 bits per heavy atom. The Balaban J connectivity index is 1.87. The Hall–Kier alpha value is -2.82. The van der Waals surface area contributed by atoms with E-state index in [0.717, 1.165) is 16.7 Å². The van der Waals surface area contributed by atoms with Crippen LogP contribution in [0.3, 0.4) is 0 Å². The molecule has 0 saturated heterocycles. The molecule has 172 valence electrons. The largest absolute Gasteiger partial charge is 0.350 e. The summed E-state index contributed by atoms with van der Waals surface area (Å²) in [6.45, 7) is 2.58. The van der Waals surface area contributed by atoms with Crippen molar-refractivity contribution in [2.24, 2.45) is 0 Å². The molecule has 3 aromatic carbocycles. The zero-order chi connectivity index (χ0) is 23.6. The van der Waals surface area contributed by atoms with Gasteiger partial charge in [-0.15, -0.1) is 0 Å². The van der Waals surface area contributed by atoms with Crippen LogP contribution < -0.4 is 5.32 Å². The lowest BCUT2D eigenvalue weighted by atomic mass is 10.0. The number of amides is 2. The van der Waals surface area contributed by atoms with Crippen molar-refractivity contribution in [3.05, 3.63) is 106 Å². The van der Waals surface area contributed by atoms with Crippen LogP contribution >= 0.6 is 23.2 Å². The van der Waals surface area contributed by atoms with E-state index in [0.29, 0.717) is 35.9 Å². The molecule has 4 nitrogen and oxygen atoms in total. The van der Waals surface area contributed by atoms with Crippen molar-refractivity contribution in [1.29, 1.82) is 0 Å². The number of carbonyl (C=O) groups is 2. The van der Waals surface area contributed by atoms with Crippen LogP contribution in [0.4, 0.5) is 0 Å². The zero-order valence-electron chi connectivity index (χ0n) is 18.6. The molecule has 0 fully saturated rings. The van der Waals surface area contributed by atoms with E-state index in [2.05, 4.69) is 5.32 Å². The first-order chi connectivity index (χ1) is 16.0. The van der Waals surface area contributed by atoms with Gasteiger partial charge in [0.15, 0.2) is 0 Å². The third-order valence-electron chi connectivity index (χ3n) is 5.40. The summed E-state index contributed by atoms with van der Waals surface area (Å²) >= 11 is 12.3. The van der Waals surface area contributed by atoms with E-state index in [1.54, 1.807) is 23.1 Å². The third kappa shape index (κ3) is 7.34. The van der Waals surface area contributed by atoms with Gasteiger partial charge in [0.1, 0.15) is 6.04 Å². The molecule has 1 atom stereocenters. The molecule has 0 saturated carbocycles. The van der Waals surface area contributed by atoms with Gasteiger partial charge in [0.25, 0.3) is 0 Å². The van der Waals surface area contributed by atoms with E-state index in [1.165, 1.54) is 0 Å². The quantitative estimate of drug-likeness (QED) is 0.382. The maximum absolute atomic E-state index is 13.5. The van der Waals surface area contributed by atoms with Crippen LogP contribution in [-0.4, -0.2) is 22.8 Å². The van der Waals surface area contributed by atoms with E-state index in [9.17, 15) is 9.59 Å². The highest BCUT2D eigenvalue weighted by Gasteiger charge is 2.30. The van der Waals surface area contributed by atoms with Crippen LogP contribution in [0.15, 0.2) is 78.9 Å². The fourth-order valence-electron chi connectivity index (χ4n) is 3.66. The van der Waals surface area contributed by atoms with E-state index in [1.807, 2.05) is 67.6 Å². The van der Waals surface area contributed by atoms with Crippen LogP contribution in [0.1, 0.15) is 36.5 Å². The maximum Gasteiger partial charge on any atom is 0.243 e. The van der Waals surface area contributed by atoms with Gasteiger partial charge in [-0.3, -0.25) is 9.59 Å². The van der Waals surface area contributed by atoms with Gasteiger partial charge in [-0.25, -0.2) is 0 Å². The van der Waals surface area contributed by atoms with Crippen LogP contribution in [0, 0.1) is 0 Å². The highest BCUT2D eigenvalue weighted by atomic mass is 35.5. The van der Waals surface area contributed by atoms with Crippen molar-refractivity contribution < 1.29 is 9.59 Å². The summed E-state index contributed by atoms with van der Waals surface area (Å²) in [6.07, 6.45) is 1.52. The Morgan fingerprint density at radius 2 is 1.55 bits per heavy atom. The highest BCUT2D eigenvalue weighted by molar-refractivity contribution is 6.35. The molecule has 0 aliphatic carbocycles. The van der Waals surface area contributed by atoms with Crippen LogP contribution in [0.2, 0.25) is 10.0 Å². The van der Waals surface area contributed by atoms with E-state index < -0.39 is 6.04 Å². The fraction of sp³-hybridized carbons (Fsp3) is 0.259. The molecule has 33 heavy (non-hydrogen) atoms. The summed E-state index contributed by atoms with van der Waals surface area (Å²) in [7, 11) is 0. The Morgan fingerprint density at radius 1 is 0.909 bits per heavy atom. The minimum atomic E-state index is -0.655. The Labute approximate surface area is 205 Å². The molecule has 0 unspecified atom stereocenters. The number of hydrogen-bond donors (Lipinski definition) is 1. The van der Waals surface area contributed by atoms with E-state index in [4.69, 9.17) is 23.2 Å². The molecule has 0 radical (unpaired) electrons. The molecule has 3 rings (SSSR count). The molecule has 0 aromatic heterocycles. The zero-order valence-corrected chi connectivity index (χ0v) is 20.1. The van der Waals surface area contributed by atoms with Crippen molar-refractivity contribution in [3.63, 3.8) is 0 Å². The van der Waals surface area contributed by atoms with Gasteiger partial charge in [0.2, 0.25) is 11.8 Å². The number of nitrogens with zero attached hydrogens (tertiary/aromatic N) is 1. The second-order valence-corrected chi connectivity index (χ2v) is 8.76. The average molecular weight is 483 g/mol. The normalized spacial score (nSPS) is 11.6. The van der Waals surface area contributed by atoms with E-state index in [-0.39, 0.29) is 18.4 Å². The Bertz CT molecular complexity index is 1060. The van der Waals surface area contributed by atoms with Crippen LogP contribution in [-0.2, 0) is 29.1 Å². The molecule has 0 spiro atoms. The number of nitrogens with one attached hydrogen (secondary N) is 1.